The highest BCUT2D eigenvalue weighted by Crippen LogP contribution is 2.18. The van der Waals surface area contributed by atoms with Crippen LogP contribution in [0.15, 0.2) is 6.20 Å². The van der Waals surface area contributed by atoms with Crippen LogP contribution in [0.5, 0.6) is 0 Å². The molecule has 1 unspecified atom stereocenters. The number of likely N-dealkylation sites (tertiary alicyclic amines) is 1. The summed E-state index contributed by atoms with van der Waals surface area (Å²) in [6, 6.07) is 0.474. The number of likely N-dealkylation sites (N-methyl/N-ethyl adjacent to an activating group) is 1. The summed E-state index contributed by atoms with van der Waals surface area (Å²) >= 11 is 0. The largest absolute Gasteiger partial charge is 0.366 e. The highest BCUT2D eigenvalue weighted by Gasteiger charge is 2.23. The first-order valence-electron chi connectivity index (χ1n) is 6.99. The van der Waals surface area contributed by atoms with Crippen molar-refractivity contribution in [1.29, 1.82) is 0 Å². The molecule has 0 amide bonds. The van der Waals surface area contributed by atoms with E-state index < -0.39 is 5.82 Å². The van der Waals surface area contributed by atoms with Crippen molar-refractivity contribution < 1.29 is 4.39 Å². The Labute approximate surface area is 113 Å². The lowest BCUT2D eigenvalue weighted by atomic mass is 10.2. The first-order chi connectivity index (χ1) is 9.24. The van der Waals surface area contributed by atoms with Crippen molar-refractivity contribution in [2.45, 2.75) is 32.7 Å². The predicted octanol–water partition coefficient (Wildman–Crippen LogP) is 1.94. The van der Waals surface area contributed by atoms with Gasteiger partial charge in [0.2, 0.25) is 5.95 Å². The van der Waals surface area contributed by atoms with Crippen molar-refractivity contribution in [1.82, 2.24) is 14.9 Å². The van der Waals surface area contributed by atoms with Crippen molar-refractivity contribution in [2.24, 2.45) is 0 Å². The SMILES string of the molecule is CCNc1ncc(F)c(NCC2CCCN2CC)n1. The third-order valence-corrected chi connectivity index (χ3v) is 3.49. The maximum Gasteiger partial charge on any atom is 0.224 e. The highest BCUT2D eigenvalue weighted by atomic mass is 19.1. The number of aromatic nitrogens is 2. The van der Waals surface area contributed by atoms with Crippen molar-refractivity contribution in [3.05, 3.63) is 12.0 Å². The monoisotopic (exact) mass is 267 g/mol. The zero-order valence-corrected chi connectivity index (χ0v) is 11.6. The Morgan fingerprint density at radius 1 is 1.42 bits per heavy atom. The van der Waals surface area contributed by atoms with Crippen molar-refractivity contribution >= 4 is 11.8 Å². The number of hydrogen-bond donors (Lipinski definition) is 2. The molecule has 2 rings (SSSR count). The predicted molar refractivity (Wildman–Crippen MR) is 74.9 cm³/mol. The Kier molecular flexibility index (Phi) is 4.90. The van der Waals surface area contributed by atoms with Gasteiger partial charge in [0.15, 0.2) is 11.6 Å². The van der Waals surface area contributed by atoms with Gasteiger partial charge in [-0.05, 0) is 32.9 Å². The molecule has 1 aromatic rings. The standard InChI is InChI=1S/C13H22FN5/c1-3-15-13-17-9-11(14)12(18-13)16-8-10-6-5-7-19(10)4-2/h9-10H,3-8H2,1-2H3,(H2,15,16,17,18). The second kappa shape index (κ2) is 6.65. The summed E-state index contributed by atoms with van der Waals surface area (Å²) in [5, 5.41) is 6.09. The molecule has 1 saturated heterocycles. The molecule has 0 bridgehead atoms. The Hall–Kier alpha value is -1.43. The van der Waals surface area contributed by atoms with Crippen LogP contribution < -0.4 is 10.6 Å². The summed E-state index contributed by atoms with van der Waals surface area (Å²) in [7, 11) is 0. The first kappa shape index (κ1) is 14.0. The molecule has 0 aliphatic carbocycles. The Balaban J connectivity index is 1.96. The van der Waals surface area contributed by atoms with Crippen LogP contribution in [0.3, 0.4) is 0 Å². The first-order valence-corrected chi connectivity index (χ1v) is 6.99. The van der Waals surface area contributed by atoms with Crippen LogP contribution in [0.2, 0.25) is 0 Å². The zero-order chi connectivity index (χ0) is 13.7. The lowest BCUT2D eigenvalue weighted by molar-refractivity contribution is 0.276. The summed E-state index contributed by atoms with van der Waals surface area (Å²) in [6.45, 7) is 7.74. The minimum atomic E-state index is -0.400. The number of halogens is 1. The molecule has 0 aromatic carbocycles. The summed E-state index contributed by atoms with van der Waals surface area (Å²) in [5.74, 6) is 0.349. The van der Waals surface area contributed by atoms with Crippen LogP contribution in [-0.4, -0.2) is 47.1 Å². The van der Waals surface area contributed by atoms with E-state index in [1.54, 1.807) is 0 Å². The molecule has 1 aliphatic heterocycles. The highest BCUT2D eigenvalue weighted by molar-refractivity contribution is 5.41. The molecule has 2 N–H and O–H groups in total. The van der Waals surface area contributed by atoms with Gasteiger partial charge in [0.25, 0.3) is 0 Å². The minimum Gasteiger partial charge on any atom is -0.366 e. The molecule has 0 spiro atoms. The van der Waals surface area contributed by atoms with Gasteiger partial charge in [0.05, 0.1) is 6.20 Å². The van der Waals surface area contributed by atoms with E-state index in [-0.39, 0.29) is 5.82 Å². The average Bonchev–Trinajstić information content (AvgIpc) is 2.87. The normalized spacial score (nSPS) is 19.6. The molecule has 1 atom stereocenters. The molecule has 1 fully saturated rings. The van der Waals surface area contributed by atoms with Gasteiger partial charge < -0.3 is 10.6 Å². The van der Waals surface area contributed by atoms with Gasteiger partial charge in [-0.1, -0.05) is 6.92 Å². The Morgan fingerprint density at radius 2 is 2.26 bits per heavy atom. The molecule has 106 valence electrons. The molecular formula is C13H22FN5. The van der Waals surface area contributed by atoms with Gasteiger partial charge in [-0.25, -0.2) is 9.37 Å². The van der Waals surface area contributed by atoms with E-state index in [4.69, 9.17) is 0 Å². The van der Waals surface area contributed by atoms with Gasteiger partial charge in [0, 0.05) is 19.1 Å². The summed E-state index contributed by atoms with van der Waals surface area (Å²) in [4.78, 5) is 10.5. The van der Waals surface area contributed by atoms with Crippen LogP contribution in [-0.2, 0) is 0 Å². The Bertz CT molecular complexity index is 412. The van der Waals surface area contributed by atoms with Crippen LogP contribution >= 0.6 is 0 Å². The fourth-order valence-electron chi connectivity index (χ4n) is 2.49. The molecule has 19 heavy (non-hydrogen) atoms. The van der Waals surface area contributed by atoms with Crippen LogP contribution in [0.1, 0.15) is 26.7 Å². The smallest absolute Gasteiger partial charge is 0.224 e. The average molecular weight is 267 g/mol. The number of rotatable bonds is 6. The van der Waals surface area contributed by atoms with E-state index >= 15 is 0 Å². The van der Waals surface area contributed by atoms with Crippen molar-refractivity contribution in [3.63, 3.8) is 0 Å². The minimum absolute atomic E-state index is 0.286. The van der Waals surface area contributed by atoms with Gasteiger partial charge in [0.1, 0.15) is 0 Å². The van der Waals surface area contributed by atoms with E-state index in [0.717, 1.165) is 32.6 Å². The topological polar surface area (TPSA) is 53.1 Å². The molecule has 5 nitrogen and oxygen atoms in total. The molecule has 6 heteroatoms. The maximum atomic E-state index is 13.6. The van der Waals surface area contributed by atoms with Crippen molar-refractivity contribution in [3.8, 4) is 0 Å². The third-order valence-electron chi connectivity index (χ3n) is 3.49. The number of anilines is 2. The van der Waals surface area contributed by atoms with Gasteiger partial charge in [-0.2, -0.15) is 4.98 Å². The lowest BCUT2D eigenvalue weighted by Crippen LogP contribution is -2.35. The van der Waals surface area contributed by atoms with E-state index in [1.807, 2.05) is 6.92 Å². The number of nitrogens with zero attached hydrogens (tertiary/aromatic N) is 3. The fraction of sp³-hybridized carbons (Fsp3) is 0.692. The van der Waals surface area contributed by atoms with E-state index in [1.165, 1.54) is 12.6 Å². The second-order valence-electron chi connectivity index (χ2n) is 4.73. The molecule has 1 aromatic heterocycles. The number of nitrogens with one attached hydrogen (secondary N) is 2. The molecule has 0 radical (unpaired) electrons. The van der Waals surface area contributed by atoms with Crippen LogP contribution in [0.4, 0.5) is 16.2 Å². The van der Waals surface area contributed by atoms with E-state index in [0.29, 0.717) is 12.0 Å². The number of hydrogen-bond acceptors (Lipinski definition) is 5. The molecule has 2 heterocycles. The Morgan fingerprint density at radius 3 is 3.00 bits per heavy atom. The molecule has 0 saturated carbocycles. The quantitative estimate of drug-likeness (QED) is 0.825. The van der Waals surface area contributed by atoms with Crippen LogP contribution in [0, 0.1) is 5.82 Å². The summed E-state index contributed by atoms with van der Waals surface area (Å²) in [6.07, 6.45) is 3.59. The summed E-state index contributed by atoms with van der Waals surface area (Å²) in [5.41, 5.74) is 0. The van der Waals surface area contributed by atoms with Crippen molar-refractivity contribution in [2.75, 3.05) is 36.8 Å². The maximum absolute atomic E-state index is 13.6. The molecule has 1 aliphatic rings. The van der Waals surface area contributed by atoms with Gasteiger partial charge >= 0.3 is 0 Å². The van der Waals surface area contributed by atoms with Crippen LogP contribution in [0.25, 0.3) is 0 Å². The van der Waals surface area contributed by atoms with E-state index in [9.17, 15) is 4.39 Å². The van der Waals surface area contributed by atoms with E-state index in [2.05, 4.69) is 32.4 Å². The lowest BCUT2D eigenvalue weighted by Gasteiger charge is -2.23. The fourth-order valence-corrected chi connectivity index (χ4v) is 2.49. The van der Waals surface area contributed by atoms with Gasteiger partial charge in [-0.3, -0.25) is 4.90 Å². The third kappa shape index (κ3) is 3.53. The zero-order valence-electron chi connectivity index (χ0n) is 11.6. The summed E-state index contributed by atoms with van der Waals surface area (Å²) < 4.78 is 13.6. The second-order valence-corrected chi connectivity index (χ2v) is 4.73. The molecular weight excluding hydrogens is 245 g/mol. The van der Waals surface area contributed by atoms with Gasteiger partial charge in [-0.15, -0.1) is 0 Å².